The second-order valence-corrected chi connectivity index (χ2v) is 3.86. The van der Waals surface area contributed by atoms with Crippen molar-refractivity contribution in [3.63, 3.8) is 0 Å². The zero-order valence-corrected chi connectivity index (χ0v) is 9.11. The zero-order valence-electron chi connectivity index (χ0n) is 9.11. The van der Waals surface area contributed by atoms with Gasteiger partial charge in [0.2, 0.25) is 5.91 Å². The van der Waals surface area contributed by atoms with Crippen molar-refractivity contribution < 1.29 is 9.53 Å². The maximum Gasteiger partial charge on any atom is 0.243 e. The standard InChI is InChI=1S/C13H15NO2/c1-2-13(15)14-8-12-7-10-5-3-4-6-11(10)9-16-12/h2-6,12H,1,7-9H2,(H,14,15). The SMILES string of the molecule is C=CC(=O)NCC1Cc2ccccc2CO1. The number of nitrogens with one attached hydrogen (secondary N) is 1. The summed E-state index contributed by atoms with van der Waals surface area (Å²) in [4.78, 5) is 11.0. The zero-order chi connectivity index (χ0) is 11.4. The van der Waals surface area contributed by atoms with Gasteiger partial charge in [0.25, 0.3) is 0 Å². The number of benzene rings is 1. The first kappa shape index (κ1) is 10.9. The Bertz CT molecular complexity index is 401. The Labute approximate surface area is 95.1 Å². The minimum absolute atomic E-state index is 0.0683. The van der Waals surface area contributed by atoms with Crippen LogP contribution in [-0.4, -0.2) is 18.6 Å². The monoisotopic (exact) mass is 217 g/mol. The second-order valence-electron chi connectivity index (χ2n) is 3.86. The average Bonchev–Trinajstić information content (AvgIpc) is 2.35. The highest BCUT2D eigenvalue weighted by Gasteiger charge is 2.18. The van der Waals surface area contributed by atoms with E-state index in [4.69, 9.17) is 4.74 Å². The number of ether oxygens (including phenoxy) is 1. The lowest BCUT2D eigenvalue weighted by atomic mass is 9.99. The van der Waals surface area contributed by atoms with Crippen LogP contribution < -0.4 is 5.32 Å². The fourth-order valence-electron chi connectivity index (χ4n) is 1.83. The van der Waals surface area contributed by atoms with Crippen LogP contribution in [0.2, 0.25) is 0 Å². The molecule has 1 aliphatic heterocycles. The van der Waals surface area contributed by atoms with Crippen LogP contribution in [0.25, 0.3) is 0 Å². The van der Waals surface area contributed by atoms with Gasteiger partial charge in [-0.3, -0.25) is 4.79 Å². The van der Waals surface area contributed by atoms with E-state index in [-0.39, 0.29) is 12.0 Å². The molecular formula is C13H15NO2. The van der Waals surface area contributed by atoms with Gasteiger partial charge in [0.1, 0.15) is 0 Å². The fraction of sp³-hybridized carbons (Fsp3) is 0.308. The number of hydrogen-bond acceptors (Lipinski definition) is 2. The van der Waals surface area contributed by atoms with Crippen molar-refractivity contribution in [2.45, 2.75) is 19.1 Å². The Morgan fingerprint density at radius 2 is 2.25 bits per heavy atom. The van der Waals surface area contributed by atoms with E-state index in [0.717, 1.165) is 6.42 Å². The number of hydrogen-bond donors (Lipinski definition) is 1. The minimum atomic E-state index is -0.151. The molecule has 0 bridgehead atoms. The lowest BCUT2D eigenvalue weighted by Crippen LogP contribution is -2.35. The van der Waals surface area contributed by atoms with Crippen molar-refractivity contribution in [1.82, 2.24) is 5.32 Å². The van der Waals surface area contributed by atoms with Crippen molar-refractivity contribution in [3.8, 4) is 0 Å². The second kappa shape index (κ2) is 4.94. The Hall–Kier alpha value is -1.61. The van der Waals surface area contributed by atoms with Gasteiger partial charge in [-0.15, -0.1) is 0 Å². The third-order valence-corrected chi connectivity index (χ3v) is 2.73. The molecule has 0 saturated heterocycles. The molecule has 0 spiro atoms. The predicted molar refractivity (Wildman–Crippen MR) is 61.9 cm³/mol. The van der Waals surface area contributed by atoms with Crippen molar-refractivity contribution >= 4 is 5.91 Å². The van der Waals surface area contributed by atoms with Crippen LogP contribution in [0.15, 0.2) is 36.9 Å². The lowest BCUT2D eigenvalue weighted by molar-refractivity contribution is -0.117. The molecule has 0 aromatic heterocycles. The molecule has 1 aromatic carbocycles. The first-order valence-electron chi connectivity index (χ1n) is 5.38. The van der Waals surface area contributed by atoms with E-state index in [1.165, 1.54) is 17.2 Å². The molecule has 3 heteroatoms. The summed E-state index contributed by atoms with van der Waals surface area (Å²) in [7, 11) is 0. The first-order chi connectivity index (χ1) is 7.79. The molecule has 1 N–H and O–H groups in total. The highest BCUT2D eigenvalue weighted by atomic mass is 16.5. The Balaban J connectivity index is 1.93. The molecule has 0 saturated carbocycles. The summed E-state index contributed by atoms with van der Waals surface area (Å²) in [6, 6.07) is 8.24. The maximum absolute atomic E-state index is 11.0. The molecular weight excluding hydrogens is 202 g/mol. The quantitative estimate of drug-likeness (QED) is 0.778. The van der Waals surface area contributed by atoms with Crippen LogP contribution >= 0.6 is 0 Å². The van der Waals surface area contributed by atoms with Crippen LogP contribution in [0.1, 0.15) is 11.1 Å². The summed E-state index contributed by atoms with van der Waals surface area (Å²) in [6.45, 7) is 4.58. The number of carbonyl (C=O) groups is 1. The molecule has 1 aromatic rings. The Morgan fingerprint density at radius 1 is 1.50 bits per heavy atom. The molecule has 16 heavy (non-hydrogen) atoms. The molecule has 1 atom stereocenters. The summed E-state index contributed by atoms with van der Waals surface area (Å²) >= 11 is 0. The van der Waals surface area contributed by atoms with E-state index in [1.807, 2.05) is 12.1 Å². The van der Waals surface area contributed by atoms with Gasteiger partial charge in [0.05, 0.1) is 12.7 Å². The number of rotatable bonds is 3. The molecule has 84 valence electrons. The molecule has 0 fully saturated rings. The maximum atomic E-state index is 11.0. The van der Waals surface area contributed by atoms with Crippen molar-refractivity contribution in [3.05, 3.63) is 48.0 Å². The lowest BCUT2D eigenvalue weighted by Gasteiger charge is -2.25. The molecule has 2 rings (SSSR count). The molecule has 3 nitrogen and oxygen atoms in total. The minimum Gasteiger partial charge on any atom is -0.371 e. The summed E-state index contributed by atoms with van der Waals surface area (Å²) in [5, 5.41) is 2.75. The largest absolute Gasteiger partial charge is 0.371 e. The van der Waals surface area contributed by atoms with Crippen LogP contribution in [0.3, 0.4) is 0 Å². The van der Waals surface area contributed by atoms with Crippen molar-refractivity contribution in [2.24, 2.45) is 0 Å². The highest BCUT2D eigenvalue weighted by molar-refractivity contribution is 5.86. The summed E-state index contributed by atoms with van der Waals surface area (Å²) in [6.07, 6.45) is 2.20. The van der Waals surface area contributed by atoms with Gasteiger partial charge in [-0.1, -0.05) is 30.8 Å². The van der Waals surface area contributed by atoms with Gasteiger partial charge in [-0.25, -0.2) is 0 Å². The van der Waals surface area contributed by atoms with Gasteiger partial charge in [0, 0.05) is 13.0 Å². The average molecular weight is 217 g/mol. The van der Waals surface area contributed by atoms with Gasteiger partial charge >= 0.3 is 0 Å². The van der Waals surface area contributed by atoms with E-state index in [9.17, 15) is 4.79 Å². The summed E-state index contributed by atoms with van der Waals surface area (Å²) < 4.78 is 5.65. The molecule has 1 heterocycles. The number of fused-ring (bicyclic) bond motifs is 1. The van der Waals surface area contributed by atoms with Gasteiger partial charge in [-0.2, -0.15) is 0 Å². The molecule has 1 unspecified atom stereocenters. The van der Waals surface area contributed by atoms with E-state index in [2.05, 4.69) is 24.0 Å². The molecule has 0 aliphatic carbocycles. The van der Waals surface area contributed by atoms with Crippen LogP contribution in [0.5, 0.6) is 0 Å². The van der Waals surface area contributed by atoms with Crippen molar-refractivity contribution in [2.75, 3.05) is 6.54 Å². The van der Waals surface area contributed by atoms with Crippen LogP contribution in [-0.2, 0) is 22.6 Å². The Morgan fingerprint density at radius 3 is 3.00 bits per heavy atom. The van der Waals surface area contributed by atoms with E-state index in [0.29, 0.717) is 13.2 Å². The molecule has 1 aliphatic rings. The van der Waals surface area contributed by atoms with E-state index in [1.54, 1.807) is 0 Å². The third-order valence-electron chi connectivity index (χ3n) is 2.73. The Kier molecular flexibility index (Phi) is 3.37. The van der Waals surface area contributed by atoms with Gasteiger partial charge in [0.15, 0.2) is 0 Å². The molecule has 0 radical (unpaired) electrons. The highest BCUT2D eigenvalue weighted by Crippen LogP contribution is 2.19. The smallest absolute Gasteiger partial charge is 0.243 e. The van der Waals surface area contributed by atoms with Crippen LogP contribution in [0, 0.1) is 0 Å². The van der Waals surface area contributed by atoms with Gasteiger partial charge < -0.3 is 10.1 Å². The first-order valence-corrected chi connectivity index (χ1v) is 5.38. The topological polar surface area (TPSA) is 38.3 Å². The molecule has 1 amide bonds. The van der Waals surface area contributed by atoms with E-state index < -0.39 is 0 Å². The van der Waals surface area contributed by atoms with Gasteiger partial charge in [-0.05, 0) is 17.2 Å². The third kappa shape index (κ3) is 2.49. The predicted octanol–water partition coefficient (Wildman–Crippen LogP) is 1.43. The summed E-state index contributed by atoms with van der Waals surface area (Å²) in [5.41, 5.74) is 2.56. The van der Waals surface area contributed by atoms with E-state index >= 15 is 0 Å². The van der Waals surface area contributed by atoms with Crippen LogP contribution in [0.4, 0.5) is 0 Å². The fourth-order valence-corrected chi connectivity index (χ4v) is 1.83. The summed E-state index contributed by atoms with van der Waals surface area (Å²) in [5.74, 6) is -0.151. The number of carbonyl (C=O) groups excluding carboxylic acids is 1. The normalized spacial score (nSPS) is 18.6. The van der Waals surface area contributed by atoms with Crippen molar-refractivity contribution in [1.29, 1.82) is 0 Å². The number of amides is 1.